The second-order valence-electron chi connectivity index (χ2n) is 6.54. The molecule has 3 nitrogen and oxygen atoms in total. The van der Waals surface area contributed by atoms with Crippen LogP contribution in [0.5, 0.6) is 0 Å². The number of piperazine rings is 1. The Labute approximate surface area is 122 Å². The average Bonchev–Trinajstić information content (AvgIpc) is 2.94. The van der Waals surface area contributed by atoms with Crippen molar-refractivity contribution in [2.24, 2.45) is 0 Å². The molecule has 0 radical (unpaired) electrons. The first-order valence-corrected chi connectivity index (χ1v) is 8.20. The molecular formula is C17H27N3. The second kappa shape index (κ2) is 6.23. The molecule has 1 saturated carbocycles. The largest absolute Gasteiger partial charge is 0.311 e. The standard InChI is InChI=1S/C17H27N3/c1-2-6-16-13-20(12-15-7-5-10-18-11-15)17(14-19-16)8-3-4-9-17/h5,7,10-11,16,19H,2-4,6,8-9,12-14H2,1H3. The monoisotopic (exact) mass is 273 g/mol. The lowest BCUT2D eigenvalue weighted by Crippen LogP contribution is -2.63. The predicted octanol–water partition coefficient (Wildman–Crippen LogP) is 2.97. The summed E-state index contributed by atoms with van der Waals surface area (Å²) in [4.78, 5) is 7.04. The quantitative estimate of drug-likeness (QED) is 0.914. The van der Waals surface area contributed by atoms with E-state index in [0.717, 1.165) is 6.54 Å². The van der Waals surface area contributed by atoms with Crippen LogP contribution in [0.4, 0.5) is 0 Å². The topological polar surface area (TPSA) is 28.2 Å². The van der Waals surface area contributed by atoms with E-state index in [2.05, 4.69) is 34.3 Å². The molecule has 2 fully saturated rings. The highest BCUT2D eigenvalue weighted by atomic mass is 15.3. The number of nitrogens with zero attached hydrogens (tertiary/aromatic N) is 2. The molecule has 1 aliphatic heterocycles. The molecule has 1 aromatic rings. The van der Waals surface area contributed by atoms with E-state index in [9.17, 15) is 0 Å². The third-order valence-corrected chi connectivity index (χ3v) is 5.10. The van der Waals surface area contributed by atoms with E-state index in [-0.39, 0.29) is 0 Å². The van der Waals surface area contributed by atoms with Crippen molar-refractivity contribution in [3.63, 3.8) is 0 Å². The van der Waals surface area contributed by atoms with E-state index in [1.54, 1.807) is 0 Å². The van der Waals surface area contributed by atoms with Gasteiger partial charge in [-0.3, -0.25) is 9.88 Å². The van der Waals surface area contributed by atoms with Crippen molar-refractivity contribution in [1.82, 2.24) is 15.2 Å². The molecule has 1 atom stereocenters. The molecule has 3 rings (SSSR count). The van der Waals surface area contributed by atoms with E-state index in [4.69, 9.17) is 0 Å². The molecule has 1 spiro atoms. The highest BCUT2D eigenvalue weighted by Gasteiger charge is 2.43. The summed E-state index contributed by atoms with van der Waals surface area (Å²) in [5, 5.41) is 3.81. The van der Waals surface area contributed by atoms with E-state index >= 15 is 0 Å². The van der Waals surface area contributed by atoms with Crippen molar-refractivity contribution in [1.29, 1.82) is 0 Å². The zero-order valence-electron chi connectivity index (χ0n) is 12.6. The van der Waals surface area contributed by atoms with Crippen molar-refractivity contribution < 1.29 is 0 Å². The summed E-state index contributed by atoms with van der Waals surface area (Å²) in [5.74, 6) is 0. The van der Waals surface area contributed by atoms with Crippen LogP contribution >= 0.6 is 0 Å². The van der Waals surface area contributed by atoms with Gasteiger partial charge in [-0.05, 0) is 30.9 Å². The Morgan fingerprint density at radius 3 is 2.95 bits per heavy atom. The fourth-order valence-corrected chi connectivity index (χ4v) is 3.98. The molecular weight excluding hydrogens is 246 g/mol. The molecule has 0 bridgehead atoms. The van der Waals surface area contributed by atoms with Crippen LogP contribution in [-0.4, -0.2) is 34.6 Å². The fraction of sp³-hybridized carbons (Fsp3) is 0.706. The van der Waals surface area contributed by atoms with Gasteiger partial charge in [-0.25, -0.2) is 0 Å². The van der Waals surface area contributed by atoms with E-state index in [1.165, 1.54) is 57.2 Å². The minimum atomic E-state index is 0.417. The zero-order chi connectivity index (χ0) is 13.8. The first-order chi connectivity index (χ1) is 9.82. The minimum absolute atomic E-state index is 0.417. The molecule has 1 saturated heterocycles. The molecule has 1 aromatic heterocycles. The van der Waals surface area contributed by atoms with Crippen LogP contribution < -0.4 is 5.32 Å². The SMILES string of the molecule is CCCC1CN(Cc2cccnc2)C2(CCCC2)CN1. The van der Waals surface area contributed by atoms with Crippen LogP contribution in [0.15, 0.2) is 24.5 Å². The Morgan fingerprint density at radius 1 is 1.40 bits per heavy atom. The van der Waals surface area contributed by atoms with Gasteiger partial charge < -0.3 is 5.32 Å². The summed E-state index contributed by atoms with van der Waals surface area (Å²) >= 11 is 0. The van der Waals surface area contributed by atoms with Gasteiger partial charge in [0.25, 0.3) is 0 Å². The summed E-state index contributed by atoms with van der Waals surface area (Å²) in [5.41, 5.74) is 1.77. The van der Waals surface area contributed by atoms with Gasteiger partial charge in [0.2, 0.25) is 0 Å². The maximum Gasteiger partial charge on any atom is 0.0338 e. The van der Waals surface area contributed by atoms with Crippen LogP contribution in [-0.2, 0) is 6.54 Å². The number of hydrogen-bond donors (Lipinski definition) is 1. The summed E-state index contributed by atoms with van der Waals surface area (Å²) in [6.45, 7) is 5.73. The summed E-state index contributed by atoms with van der Waals surface area (Å²) in [6, 6.07) is 4.94. The molecule has 3 heteroatoms. The maximum atomic E-state index is 4.28. The second-order valence-corrected chi connectivity index (χ2v) is 6.54. The smallest absolute Gasteiger partial charge is 0.0338 e. The van der Waals surface area contributed by atoms with Gasteiger partial charge >= 0.3 is 0 Å². The van der Waals surface area contributed by atoms with Crippen LogP contribution in [0.25, 0.3) is 0 Å². The van der Waals surface area contributed by atoms with Crippen molar-refractivity contribution in [3.8, 4) is 0 Å². The molecule has 1 N–H and O–H groups in total. The van der Waals surface area contributed by atoms with Crippen LogP contribution in [0.1, 0.15) is 51.0 Å². The predicted molar refractivity (Wildman–Crippen MR) is 82.5 cm³/mol. The van der Waals surface area contributed by atoms with E-state index in [0.29, 0.717) is 11.6 Å². The molecule has 20 heavy (non-hydrogen) atoms. The Kier molecular flexibility index (Phi) is 4.37. The summed E-state index contributed by atoms with van der Waals surface area (Å²) in [6.07, 6.45) is 12.0. The molecule has 0 aromatic carbocycles. The third kappa shape index (κ3) is 2.89. The molecule has 110 valence electrons. The molecule has 2 aliphatic rings. The van der Waals surface area contributed by atoms with Crippen molar-refractivity contribution in [2.75, 3.05) is 13.1 Å². The Bertz CT molecular complexity index is 412. The van der Waals surface area contributed by atoms with Crippen molar-refractivity contribution in [3.05, 3.63) is 30.1 Å². The third-order valence-electron chi connectivity index (χ3n) is 5.10. The van der Waals surface area contributed by atoms with Crippen LogP contribution in [0.2, 0.25) is 0 Å². The average molecular weight is 273 g/mol. The molecule has 2 heterocycles. The lowest BCUT2D eigenvalue weighted by Gasteiger charge is -2.48. The number of rotatable bonds is 4. The maximum absolute atomic E-state index is 4.28. The number of hydrogen-bond acceptors (Lipinski definition) is 3. The van der Waals surface area contributed by atoms with Crippen molar-refractivity contribution in [2.45, 2.75) is 63.6 Å². The number of pyridine rings is 1. The molecule has 1 aliphatic carbocycles. The normalized spacial score (nSPS) is 26.1. The highest BCUT2D eigenvalue weighted by molar-refractivity contribution is 5.11. The molecule has 0 amide bonds. The van der Waals surface area contributed by atoms with Gasteiger partial charge in [0, 0.05) is 43.6 Å². The number of nitrogens with one attached hydrogen (secondary N) is 1. The summed E-state index contributed by atoms with van der Waals surface area (Å²) < 4.78 is 0. The van der Waals surface area contributed by atoms with Gasteiger partial charge in [-0.15, -0.1) is 0 Å². The Morgan fingerprint density at radius 2 is 2.25 bits per heavy atom. The Balaban J connectivity index is 1.74. The molecule has 1 unspecified atom stereocenters. The zero-order valence-corrected chi connectivity index (χ0v) is 12.6. The van der Waals surface area contributed by atoms with Crippen LogP contribution in [0, 0.1) is 0 Å². The summed E-state index contributed by atoms with van der Waals surface area (Å²) in [7, 11) is 0. The fourth-order valence-electron chi connectivity index (χ4n) is 3.98. The van der Waals surface area contributed by atoms with Crippen LogP contribution in [0.3, 0.4) is 0 Å². The number of aromatic nitrogens is 1. The van der Waals surface area contributed by atoms with E-state index < -0.39 is 0 Å². The first kappa shape index (κ1) is 14.0. The van der Waals surface area contributed by atoms with Gasteiger partial charge in [-0.2, -0.15) is 0 Å². The highest BCUT2D eigenvalue weighted by Crippen LogP contribution is 2.38. The Hall–Kier alpha value is -0.930. The first-order valence-electron chi connectivity index (χ1n) is 8.20. The van der Waals surface area contributed by atoms with E-state index in [1.807, 2.05) is 12.4 Å². The minimum Gasteiger partial charge on any atom is -0.311 e. The van der Waals surface area contributed by atoms with Gasteiger partial charge in [0.05, 0.1) is 0 Å². The van der Waals surface area contributed by atoms with Gasteiger partial charge in [-0.1, -0.05) is 32.3 Å². The van der Waals surface area contributed by atoms with Gasteiger partial charge in [0.15, 0.2) is 0 Å². The van der Waals surface area contributed by atoms with Crippen molar-refractivity contribution >= 4 is 0 Å². The lowest BCUT2D eigenvalue weighted by molar-refractivity contribution is 0.0337. The lowest BCUT2D eigenvalue weighted by atomic mass is 9.89. The van der Waals surface area contributed by atoms with Gasteiger partial charge in [0.1, 0.15) is 0 Å².